The van der Waals surface area contributed by atoms with Gasteiger partial charge in [0.15, 0.2) is 5.96 Å². The number of rotatable bonds is 18. The standard InChI is InChI=1S/C35H56N8O5/c1-10-21(4)28(42-31(45)29(38-8)35(6,7)24-19-40-25-15-12-11-14-23(24)25)32(46)43(9)27(20(2)3)18-22(5)30(44)41-26(33(47)48)16-13-17-39-34(36)37/h11-12,14-15,18-21,26-29,38,40H,10,13,16-17H2,1-9H3,(H,41,44)(H,42,45)(H,47,48)(H4,36,37,39)/b22-18+/t21-,26+,27-,28+,29+/m1/s1. The van der Waals surface area contributed by atoms with E-state index in [-0.39, 0.29) is 48.1 Å². The van der Waals surface area contributed by atoms with Gasteiger partial charge in [0.2, 0.25) is 17.7 Å². The van der Waals surface area contributed by atoms with Gasteiger partial charge >= 0.3 is 5.97 Å². The number of aromatic amines is 1. The zero-order valence-corrected chi connectivity index (χ0v) is 29.9. The summed E-state index contributed by atoms with van der Waals surface area (Å²) in [6.07, 6.45) is 4.74. The molecule has 13 heteroatoms. The fourth-order valence-electron chi connectivity index (χ4n) is 5.98. The third kappa shape index (κ3) is 10.1. The number of para-hydroxylation sites is 1. The van der Waals surface area contributed by atoms with Crippen LogP contribution in [0.4, 0.5) is 0 Å². The van der Waals surface area contributed by atoms with Gasteiger partial charge in [0.25, 0.3) is 0 Å². The predicted molar refractivity (Wildman–Crippen MR) is 190 cm³/mol. The Morgan fingerprint density at radius 2 is 1.75 bits per heavy atom. The van der Waals surface area contributed by atoms with Crippen molar-refractivity contribution in [3.05, 3.63) is 47.7 Å². The van der Waals surface area contributed by atoms with Crippen LogP contribution in [-0.4, -0.2) is 89.4 Å². The molecule has 0 bridgehead atoms. The number of fused-ring (bicyclic) bond motifs is 1. The van der Waals surface area contributed by atoms with Crippen molar-refractivity contribution in [1.29, 1.82) is 0 Å². The summed E-state index contributed by atoms with van der Waals surface area (Å²) in [7, 11) is 3.39. The van der Waals surface area contributed by atoms with Crippen LogP contribution < -0.4 is 27.4 Å². The lowest BCUT2D eigenvalue weighted by Gasteiger charge is -2.37. The minimum atomic E-state index is -1.17. The highest BCUT2D eigenvalue weighted by Crippen LogP contribution is 2.33. The molecule has 0 aliphatic carbocycles. The van der Waals surface area contributed by atoms with Crippen molar-refractivity contribution in [2.45, 2.75) is 97.3 Å². The van der Waals surface area contributed by atoms with Gasteiger partial charge in [-0.2, -0.15) is 0 Å². The Labute approximate surface area is 284 Å². The van der Waals surface area contributed by atoms with Crippen molar-refractivity contribution in [3.8, 4) is 0 Å². The quantitative estimate of drug-likeness (QED) is 0.0542. The van der Waals surface area contributed by atoms with E-state index in [2.05, 4.69) is 25.9 Å². The molecule has 266 valence electrons. The Kier molecular flexibility index (Phi) is 14.6. The molecule has 1 aromatic carbocycles. The number of aliphatic carboxylic acids is 1. The van der Waals surface area contributed by atoms with Crippen LogP contribution in [0.2, 0.25) is 0 Å². The second-order valence-corrected chi connectivity index (χ2v) is 13.4. The van der Waals surface area contributed by atoms with E-state index >= 15 is 0 Å². The highest BCUT2D eigenvalue weighted by Gasteiger charge is 2.40. The summed E-state index contributed by atoms with van der Waals surface area (Å²) in [6.45, 7) is 13.6. The second kappa shape index (κ2) is 17.7. The number of carbonyl (C=O) groups is 4. The molecule has 9 N–H and O–H groups in total. The number of carbonyl (C=O) groups excluding carboxylic acids is 3. The minimum Gasteiger partial charge on any atom is -0.480 e. The summed E-state index contributed by atoms with van der Waals surface area (Å²) in [5, 5.41) is 19.5. The molecule has 0 unspecified atom stereocenters. The zero-order chi connectivity index (χ0) is 36.3. The lowest BCUT2D eigenvalue weighted by molar-refractivity contribution is -0.141. The van der Waals surface area contributed by atoms with Crippen LogP contribution in [0, 0.1) is 11.8 Å². The lowest BCUT2D eigenvalue weighted by atomic mass is 9.77. The largest absolute Gasteiger partial charge is 0.480 e. The average molecular weight is 669 g/mol. The van der Waals surface area contributed by atoms with Gasteiger partial charge in [-0.1, -0.05) is 72.2 Å². The van der Waals surface area contributed by atoms with Crippen molar-refractivity contribution in [3.63, 3.8) is 0 Å². The number of guanidine groups is 1. The number of aromatic nitrogens is 1. The molecule has 2 aromatic rings. The first-order valence-electron chi connectivity index (χ1n) is 16.6. The Hall–Kier alpha value is -4.39. The van der Waals surface area contributed by atoms with Crippen LogP contribution in [0.5, 0.6) is 0 Å². The number of hydrogen-bond donors (Lipinski definition) is 7. The van der Waals surface area contributed by atoms with Crippen molar-refractivity contribution in [1.82, 2.24) is 25.8 Å². The number of carboxylic acids is 1. The molecule has 48 heavy (non-hydrogen) atoms. The third-order valence-electron chi connectivity index (χ3n) is 9.14. The maximum atomic E-state index is 14.2. The van der Waals surface area contributed by atoms with Crippen LogP contribution in [0.3, 0.4) is 0 Å². The van der Waals surface area contributed by atoms with Crippen LogP contribution in [0.1, 0.15) is 73.3 Å². The SMILES string of the molecule is CC[C@@H](C)[C@H](NC(=O)[C@H](NC)C(C)(C)c1c[nH]c2ccccc12)C(=O)N(C)[C@H](/C=C(\C)C(=O)N[C@@H](CCCN=C(N)N)C(=O)O)C(C)C. The summed E-state index contributed by atoms with van der Waals surface area (Å²) >= 11 is 0. The smallest absolute Gasteiger partial charge is 0.326 e. The van der Waals surface area contributed by atoms with Crippen LogP contribution in [0.25, 0.3) is 10.9 Å². The van der Waals surface area contributed by atoms with Gasteiger partial charge in [0.05, 0.1) is 12.1 Å². The maximum absolute atomic E-state index is 14.2. The first-order valence-corrected chi connectivity index (χ1v) is 16.6. The number of hydrogen-bond acceptors (Lipinski definition) is 6. The molecule has 0 fully saturated rings. The number of amides is 3. The third-order valence-corrected chi connectivity index (χ3v) is 9.14. The summed E-state index contributed by atoms with van der Waals surface area (Å²) in [6, 6.07) is 4.80. The van der Waals surface area contributed by atoms with Crippen molar-refractivity contribution in [2.75, 3.05) is 20.6 Å². The van der Waals surface area contributed by atoms with E-state index < -0.39 is 41.5 Å². The maximum Gasteiger partial charge on any atom is 0.326 e. The van der Waals surface area contributed by atoms with E-state index in [1.807, 2.05) is 72.0 Å². The Morgan fingerprint density at radius 1 is 1.10 bits per heavy atom. The molecule has 0 saturated carbocycles. The average Bonchev–Trinajstić information content (AvgIpc) is 3.47. The molecule has 5 atom stereocenters. The summed E-state index contributed by atoms with van der Waals surface area (Å²) in [4.78, 5) is 61.7. The molecule has 0 aliphatic heterocycles. The van der Waals surface area contributed by atoms with E-state index in [4.69, 9.17) is 11.5 Å². The van der Waals surface area contributed by atoms with Gasteiger partial charge in [-0.25, -0.2) is 4.79 Å². The summed E-state index contributed by atoms with van der Waals surface area (Å²) in [5.74, 6) is -2.69. The van der Waals surface area contributed by atoms with Crippen molar-refractivity contribution >= 4 is 40.6 Å². The van der Waals surface area contributed by atoms with E-state index in [1.54, 1.807) is 32.0 Å². The number of likely N-dealkylation sites (N-methyl/N-ethyl adjacent to an activating group) is 2. The molecule has 1 heterocycles. The van der Waals surface area contributed by atoms with E-state index in [1.165, 1.54) is 0 Å². The Bertz CT molecular complexity index is 1480. The van der Waals surface area contributed by atoms with Crippen LogP contribution >= 0.6 is 0 Å². The minimum absolute atomic E-state index is 0.0886. The summed E-state index contributed by atoms with van der Waals surface area (Å²) < 4.78 is 0. The fraction of sp³-hybridized carbons (Fsp3) is 0.571. The number of aliphatic imine (C=N–C) groups is 1. The summed E-state index contributed by atoms with van der Waals surface area (Å²) in [5.41, 5.74) is 12.2. The Balaban J connectivity index is 2.29. The number of carboxylic acid groups (broad SMARTS) is 1. The molecular weight excluding hydrogens is 612 g/mol. The topological polar surface area (TPSA) is 208 Å². The molecule has 0 aliphatic rings. The van der Waals surface area contributed by atoms with Crippen LogP contribution in [-0.2, 0) is 24.6 Å². The van der Waals surface area contributed by atoms with Crippen molar-refractivity contribution < 1.29 is 24.3 Å². The number of nitrogens with two attached hydrogens (primary N) is 2. The van der Waals surface area contributed by atoms with E-state index in [0.717, 1.165) is 16.5 Å². The molecule has 1 aromatic heterocycles. The fourth-order valence-corrected chi connectivity index (χ4v) is 5.98. The first kappa shape index (κ1) is 39.8. The molecule has 0 spiro atoms. The molecule has 2 rings (SSSR count). The van der Waals surface area contributed by atoms with Gasteiger partial charge in [0.1, 0.15) is 12.1 Å². The molecule has 0 radical (unpaired) electrons. The van der Waals surface area contributed by atoms with Gasteiger partial charge < -0.3 is 42.4 Å². The molecule has 0 saturated heterocycles. The molecule has 3 amide bonds. The van der Waals surface area contributed by atoms with Gasteiger partial charge in [-0.15, -0.1) is 0 Å². The first-order chi connectivity index (χ1) is 22.5. The van der Waals surface area contributed by atoms with Gasteiger partial charge in [-0.05, 0) is 50.3 Å². The highest BCUT2D eigenvalue weighted by molar-refractivity contribution is 5.96. The number of nitrogens with zero attached hydrogens (tertiary/aromatic N) is 2. The number of H-pyrrole nitrogens is 1. The Morgan fingerprint density at radius 3 is 2.31 bits per heavy atom. The van der Waals surface area contributed by atoms with Crippen molar-refractivity contribution in [2.24, 2.45) is 28.3 Å². The van der Waals surface area contributed by atoms with Crippen LogP contribution in [0.15, 0.2) is 47.1 Å². The normalized spacial score (nSPS) is 15.2. The van der Waals surface area contributed by atoms with Gasteiger partial charge in [0, 0.05) is 41.7 Å². The number of nitrogens with one attached hydrogen (secondary N) is 4. The monoisotopic (exact) mass is 668 g/mol. The molecule has 13 nitrogen and oxygen atoms in total. The van der Waals surface area contributed by atoms with Gasteiger partial charge in [-0.3, -0.25) is 19.4 Å². The van der Waals surface area contributed by atoms with E-state index in [0.29, 0.717) is 12.8 Å². The molecular formula is C35H56N8O5. The zero-order valence-electron chi connectivity index (χ0n) is 29.9. The second-order valence-electron chi connectivity index (χ2n) is 13.4. The van der Waals surface area contributed by atoms with E-state index in [9.17, 15) is 24.3 Å². The lowest BCUT2D eigenvalue weighted by Crippen LogP contribution is -2.60. The highest BCUT2D eigenvalue weighted by atomic mass is 16.4. The number of benzene rings is 1. The predicted octanol–water partition coefficient (Wildman–Crippen LogP) is 2.62.